The van der Waals surface area contributed by atoms with Crippen molar-refractivity contribution in [2.24, 2.45) is 0 Å². The van der Waals surface area contributed by atoms with Gasteiger partial charge in [-0.25, -0.2) is 32.7 Å². The summed E-state index contributed by atoms with van der Waals surface area (Å²) in [7, 11) is 3.60. The van der Waals surface area contributed by atoms with E-state index in [9.17, 15) is 22.8 Å². The van der Waals surface area contributed by atoms with Gasteiger partial charge in [0.1, 0.15) is 29.1 Å². The average molecular weight is 693 g/mol. The summed E-state index contributed by atoms with van der Waals surface area (Å²) in [5, 5.41) is 0. The predicted molar refractivity (Wildman–Crippen MR) is 192 cm³/mol. The maximum Gasteiger partial charge on any atom is 0.325 e. The molecule has 8 nitrogen and oxygen atoms in total. The van der Waals surface area contributed by atoms with Crippen LogP contribution in [0.15, 0.2) is 79.1 Å². The minimum absolute atomic E-state index is 0.0101. The van der Waals surface area contributed by atoms with E-state index in [0.29, 0.717) is 30.3 Å². The molecule has 2 aromatic carbocycles. The highest BCUT2D eigenvalue weighted by Crippen LogP contribution is 2.28. The number of carbonyl (C=O) groups is 2. The fourth-order valence-electron chi connectivity index (χ4n) is 5.25. The fraction of sp³-hybridized carbons (Fsp3) is 0.300. The van der Waals surface area contributed by atoms with E-state index in [0.717, 1.165) is 42.2 Å². The molecule has 0 radical (unpaired) electrons. The smallest absolute Gasteiger partial charge is 0.322 e. The SMILES string of the molecule is CN1C(=O)N(c2ccc(C#Cc3cc(F)ccc3F)cn2)CCC1(C)C.CN1C(=O)N(c2ccc(C#Cc3ccc(F)cc3)cn2)CCC1(C)C. The van der Waals surface area contributed by atoms with Gasteiger partial charge in [0.15, 0.2) is 0 Å². The van der Waals surface area contributed by atoms with Crippen molar-refractivity contribution in [3.8, 4) is 23.7 Å². The summed E-state index contributed by atoms with van der Waals surface area (Å²) < 4.78 is 39.6. The highest BCUT2D eigenvalue weighted by molar-refractivity contribution is 5.93. The first-order valence-corrected chi connectivity index (χ1v) is 16.4. The first-order valence-electron chi connectivity index (χ1n) is 16.4. The molecular formula is C40H39F3N6O2. The van der Waals surface area contributed by atoms with Crippen LogP contribution in [0, 0.1) is 41.1 Å². The molecule has 4 aromatic rings. The highest BCUT2D eigenvalue weighted by Gasteiger charge is 2.38. The zero-order valence-corrected chi connectivity index (χ0v) is 29.5. The standard InChI is InChI=1S/C20H19F2N3O.C20H20FN3O/c1-20(2)10-11-25(19(26)24(20)3)18-9-5-14(13-23-18)4-6-15-12-16(21)7-8-17(15)22;1-20(2)12-13-24(19(25)23(20)3)18-11-8-16(14-22-18)5-4-15-6-9-17(21)10-7-15/h5,7-9,12-13H,10-11H2,1-3H3;6-11,14H,12-13H2,1-3H3. The second-order valence-electron chi connectivity index (χ2n) is 13.6. The predicted octanol–water partition coefficient (Wildman–Crippen LogP) is 7.46. The first-order chi connectivity index (χ1) is 24.1. The molecule has 2 saturated heterocycles. The molecule has 0 atom stereocenters. The quantitative estimate of drug-likeness (QED) is 0.205. The van der Waals surface area contributed by atoms with Crippen molar-refractivity contribution < 1.29 is 22.8 Å². The van der Waals surface area contributed by atoms with E-state index in [-0.39, 0.29) is 34.5 Å². The number of carbonyl (C=O) groups excluding carboxylic acids is 2. The molecule has 2 aliphatic heterocycles. The van der Waals surface area contributed by atoms with Gasteiger partial charge >= 0.3 is 12.1 Å². The Labute approximate surface area is 296 Å². The van der Waals surface area contributed by atoms with Crippen LogP contribution in [0.25, 0.3) is 0 Å². The second-order valence-corrected chi connectivity index (χ2v) is 13.6. The molecule has 11 heteroatoms. The van der Waals surface area contributed by atoms with Gasteiger partial charge in [-0.1, -0.05) is 23.7 Å². The lowest BCUT2D eigenvalue weighted by Crippen LogP contribution is -2.57. The van der Waals surface area contributed by atoms with Crippen molar-refractivity contribution in [3.63, 3.8) is 0 Å². The van der Waals surface area contributed by atoms with Crippen LogP contribution in [0.4, 0.5) is 34.4 Å². The van der Waals surface area contributed by atoms with Crippen molar-refractivity contribution in [1.82, 2.24) is 19.8 Å². The van der Waals surface area contributed by atoms with E-state index in [1.54, 1.807) is 63.2 Å². The number of hydrogen-bond donors (Lipinski definition) is 0. The lowest BCUT2D eigenvalue weighted by molar-refractivity contribution is 0.139. The fourth-order valence-corrected chi connectivity index (χ4v) is 5.25. The van der Waals surface area contributed by atoms with Gasteiger partial charge in [-0.3, -0.25) is 9.80 Å². The van der Waals surface area contributed by atoms with E-state index >= 15 is 0 Å². The number of amides is 4. The van der Waals surface area contributed by atoms with Crippen LogP contribution in [-0.4, -0.2) is 70.1 Å². The second kappa shape index (κ2) is 15.0. The Bertz CT molecular complexity index is 2030. The third-order valence-electron chi connectivity index (χ3n) is 9.26. The summed E-state index contributed by atoms with van der Waals surface area (Å²) in [6, 6.07) is 16.1. The molecule has 2 aromatic heterocycles. The van der Waals surface area contributed by atoms with Gasteiger partial charge in [-0.05, 0) is 107 Å². The normalized spacial score (nSPS) is 16.3. The van der Waals surface area contributed by atoms with Crippen molar-refractivity contribution in [2.45, 2.75) is 51.6 Å². The van der Waals surface area contributed by atoms with Gasteiger partial charge in [0, 0.05) is 67.3 Å². The third kappa shape index (κ3) is 8.68. The van der Waals surface area contributed by atoms with Crippen LogP contribution in [-0.2, 0) is 0 Å². The average Bonchev–Trinajstić information content (AvgIpc) is 3.11. The minimum Gasteiger partial charge on any atom is -0.322 e. The van der Waals surface area contributed by atoms with Crippen LogP contribution in [0.5, 0.6) is 0 Å². The molecule has 0 N–H and O–H groups in total. The summed E-state index contributed by atoms with van der Waals surface area (Å²) >= 11 is 0. The van der Waals surface area contributed by atoms with Crippen LogP contribution in [0.3, 0.4) is 0 Å². The van der Waals surface area contributed by atoms with Crippen molar-refractivity contribution in [2.75, 3.05) is 37.0 Å². The van der Waals surface area contributed by atoms with E-state index in [4.69, 9.17) is 0 Å². The van der Waals surface area contributed by atoms with Gasteiger partial charge in [0.2, 0.25) is 0 Å². The van der Waals surface area contributed by atoms with Crippen molar-refractivity contribution >= 4 is 23.7 Å². The summed E-state index contributed by atoms with van der Waals surface area (Å²) in [4.78, 5) is 40.5. The molecule has 4 heterocycles. The molecule has 0 unspecified atom stereocenters. The molecule has 51 heavy (non-hydrogen) atoms. The largest absolute Gasteiger partial charge is 0.325 e. The maximum atomic E-state index is 13.6. The number of anilines is 2. The zero-order chi connectivity index (χ0) is 36.9. The van der Waals surface area contributed by atoms with Gasteiger partial charge in [0.25, 0.3) is 0 Å². The Hall–Kier alpha value is -5.81. The van der Waals surface area contributed by atoms with Crippen LogP contribution >= 0.6 is 0 Å². The van der Waals surface area contributed by atoms with Crippen LogP contribution in [0.1, 0.15) is 62.8 Å². The number of halogens is 3. The van der Waals surface area contributed by atoms with Crippen molar-refractivity contribution in [1.29, 1.82) is 0 Å². The van der Waals surface area contributed by atoms with Gasteiger partial charge in [-0.15, -0.1) is 0 Å². The summed E-state index contributed by atoms with van der Waals surface area (Å²) in [6.45, 7) is 9.40. The molecule has 0 spiro atoms. The number of benzene rings is 2. The first kappa shape index (κ1) is 36.5. The van der Waals surface area contributed by atoms with Gasteiger partial charge < -0.3 is 9.80 Å². The number of rotatable bonds is 2. The topological polar surface area (TPSA) is 72.9 Å². The molecule has 0 aliphatic carbocycles. The van der Waals surface area contributed by atoms with Crippen LogP contribution < -0.4 is 9.80 Å². The zero-order valence-electron chi connectivity index (χ0n) is 29.5. The van der Waals surface area contributed by atoms with Crippen molar-refractivity contribution in [3.05, 3.63) is 119 Å². The molecule has 6 rings (SSSR count). The number of hydrogen-bond acceptors (Lipinski definition) is 4. The van der Waals surface area contributed by atoms with E-state index < -0.39 is 11.6 Å². The lowest BCUT2D eigenvalue weighted by Gasteiger charge is -2.44. The molecule has 0 bridgehead atoms. The third-order valence-corrected chi connectivity index (χ3v) is 9.26. The molecule has 0 saturated carbocycles. The van der Waals surface area contributed by atoms with Crippen LogP contribution in [0.2, 0.25) is 0 Å². The number of nitrogens with zero attached hydrogens (tertiary/aromatic N) is 6. The van der Waals surface area contributed by atoms with Gasteiger partial charge in [-0.2, -0.15) is 0 Å². The Kier molecular flexibility index (Phi) is 10.7. The Morgan fingerprint density at radius 3 is 1.49 bits per heavy atom. The molecule has 4 amide bonds. The Morgan fingerprint density at radius 1 is 0.588 bits per heavy atom. The molecule has 262 valence electrons. The van der Waals surface area contributed by atoms with E-state index in [1.807, 2.05) is 27.0 Å². The Morgan fingerprint density at radius 2 is 1.02 bits per heavy atom. The number of aromatic nitrogens is 2. The monoisotopic (exact) mass is 692 g/mol. The summed E-state index contributed by atoms with van der Waals surface area (Å²) in [5.41, 5.74) is 1.69. The summed E-state index contributed by atoms with van der Waals surface area (Å²) in [6.07, 6.45) is 4.88. The Balaban J connectivity index is 0.000000198. The number of pyridine rings is 2. The van der Waals surface area contributed by atoms with E-state index in [1.165, 1.54) is 18.3 Å². The van der Waals surface area contributed by atoms with E-state index in [2.05, 4.69) is 47.5 Å². The molecular weight excluding hydrogens is 653 g/mol. The maximum absolute atomic E-state index is 13.6. The lowest BCUT2D eigenvalue weighted by atomic mass is 9.96. The number of urea groups is 2. The van der Waals surface area contributed by atoms with Gasteiger partial charge in [0.05, 0.1) is 5.56 Å². The highest BCUT2D eigenvalue weighted by atomic mass is 19.1. The minimum atomic E-state index is -0.576. The molecule has 2 fully saturated rings. The summed E-state index contributed by atoms with van der Waals surface area (Å²) in [5.74, 6) is 11.1. The molecule has 2 aliphatic rings.